The molecule has 0 unspecified atom stereocenters. The molecule has 1 heterocycles. The third-order valence-electron chi connectivity index (χ3n) is 3.58. The number of nitrogens with zero attached hydrogens (tertiary/aromatic N) is 1. The van der Waals surface area contributed by atoms with Gasteiger partial charge in [-0.05, 0) is 37.6 Å². The fraction of sp³-hybridized carbons (Fsp3) is 0.312. The molecule has 4 nitrogen and oxygen atoms in total. The maximum absolute atomic E-state index is 12.5. The number of likely N-dealkylation sites (N-methyl/N-ethyl adjacent to an activating group) is 1. The first-order valence-corrected chi connectivity index (χ1v) is 8.65. The number of carbonyl (C=O) groups is 1. The quantitative estimate of drug-likeness (QED) is 0.778. The Morgan fingerprint density at radius 2 is 2.00 bits per heavy atom. The van der Waals surface area contributed by atoms with Gasteiger partial charge < -0.3 is 4.90 Å². The predicted octanol–water partition coefficient (Wildman–Crippen LogP) is 2.90. The average Bonchev–Trinajstić information content (AvgIpc) is 2.40. The Labute approximate surface area is 136 Å². The smallest absolute Gasteiger partial charge is 0.265 e. The van der Waals surface area contributed by atoms with Crippen LogP contribution in [0.25, 0.3) is 6.08 Å². The van der Waals surface area contributed by atoms with E-state index < -0.39 is 20.5 Å². The lowest BCUT2D eigenvalue weighted by Crippen LogP contribution is -2.53. The second-order valence-corrected chi connectivity index (χ2v) is 8.86. The number of benzene rings is 1. The highest BCUT2D eigenvalue weighted by atomic mass is 35.5. The first-order chi connectivity index (χ1) is 10.1. The molecule has 0 spiro atoms. The van der Waals surface area contributed by atoms with Gasteiger partial charge in [-0.15, -0.1) is 0 Å². The molecule has 0 atom stereocenters. The summed E-state index contributed by atoms with van der Waals surface area (Å²) in [5.41, 5.74) is 0.831. The zero-order valence-electron chi connectivity index (χ0n) is 12.7. The average molecular weight is 340 g/mol. The molecule has 118 valence electrons. The molecule has 22 heavy (non-hydrogen) atoms. The summed E-state index contributed by atoms with van der Waals surface area (Å²) in [4.78, 5) is 13.4. The molecule has 0 saturated carbocycles. The van der Waals surface area contributed by atoms with Crippen LogP contribution in [0.5, 0.6) is 0 Å². The number of amides is 1. The number of allylic oxidation sites excluding steroid dienone is 2. The van der Waals surface area contributed by atoms with Crippen LogP contribution in [0.15, 0.2) is 41.3 Å². The summed E-state index contributed by atoms with van der Waals surface area (Å²) in [7, 11) is -2.05. The van der Waals surface area contributed by atoms with Gasteiger partial charge in [0.15, 0.2) is 9.84 Å². The summed E-state index contributed by atoms with van der Waals surface area (Å²) < 4.78 is 24.0. The molecule has 1 amide bonds. The molecule has 0 bridgehead atoms. The molecule has 0 aliphatic carbocycles. The van der Waals surface area contributed by atoms with Crippen molar-refractivity contribution in [3.8, 4) is 0 Å². The van der Waals surface area contributed by atoms with Crippen molar-refractivity contribution in [1.82, 2.24) is 4.90 Å². The van der Waals surface area contributed by atoms with Crippen molar-refractivity contribution in [2.24, 2.45) is 0 Å². The van der Waals surface area contributed by atoms with E-state index in [0.717, 1.165) is 5.56 Å². The van der Waals surface area contributed by atoms with Gasteiger partial charge in [-0.1, -0.05) is 35.9 Å². The molecule has 0 radical (unpaired) electrons. The highest BCUT2D eigenvalue weighted by Gasteiger charge is 2.46. The van der Waals surface area contributed by atoms with E-state index >= 15 is 0 Å². The van der Waals surface area contributed by atoms with Gasteiger partial charge in [-0.3, -0.25) is 4.79 Å². The molecule has 1 saturated heterocycles. The molecular formula is C16H18ClNO3S. The van der Waals surface area contributed by atoms with Crippen molar-refractivity contribution in [1.29, 1.82) is 0 Å². The van der Waals surface area contributed by atoms with E-state index in [-0.39, 0.29) is 11.4 Å². The lowest BCUT2D eigenvalue weighted by atomic mass is 10.2. The zero-order chi connectivity index (χ0) is 16.5. The van der Waals surface area contributed by atoms with E-state index in [4.69, 9.17) is 11.6 Å². The van der Waals surface area contributed by atoms with Crippen LogP contribution in [0.1, 0.15) is 19.4 Å². The van der Waals surface area contributed by atoms with Gasteiger partial charge in [0.05, 0.1) is 4.75 Å². The largest absolute Gasteiger partial charge is 0.340 e. The van der Waals surface area contributed by atoms with Gasteiger partial charge >= 0.3 is 0 Å². The molecule has 2 rings (SSSR count). The van der Waals surface area contributed by atoms with Gasteiger partial charge in [0.1, 0.15) is 4.91 Å². The van der Waals surface area contributed by atoms with Crippen LogP contribution in [-0.2, 0) is 14.6 Å². The standard InChI is InChI=1S/C16H18ClNO3S/c1-16(2)11-18(3)15(19)14(22(16,20)21)9-5-7-12-6-4-8-13(17)10-12/h4-10H,11H2,1-3H3/b7-5+,14-9+. The minimum Gasteiger partial charge on any atom is -0.340 e. The summed E-state index contributed by atoms with van der Waals surface area (Å²) in [5, 5.41) is 0.594. The fourth-order valence-electron chi connectivity index (χ4n) is 2.35. The van der Waals surface area contributed by atoms with Gasteiger partial charge in [0.25, 0.3) is 5.91 Å². The van der Waals surface area contributed by atoms with Crippen LogP contribution in [-0.4, -0.2) is 37.6 Å². The summed E-state index contributed by atoms with van der Waals surface area (Å²) in [6.45, 7) is 3.43. The fourth-order valence-corrected chi connectivity index (χ4v) is 4.15. The lowest BCUT2D eigenvalue weighted by Gasteiger charge is -2.36. The van der Waals surface area contributed by atoms with Gasteiger partial charge in [-0.25, -0.2) is 8.42 Å². The number of sulfone groups is 1. The molecule has 0 N–H and O–H groups in total. The van der Waals surface area contributed by atoms with Gasteiger partial charge in [0.2, 0.25) is 0 Å². The number of rotatable bonds is 2. The maximum Gasteiger partial charge on any atom is 0.265 e. The van der Waals surface area contributed by atoms with E-state index in [2.05, 4.69) is 0 Å². The molecule has 1 fully saturated rings. The molecular weight excluding hydrogens is 322 g/mol. The van der Waals surface area contributed by atoms with Crippen molar-refractivity contribution in [2.45, 2.75) is 18.6 Å². The summed E-state index contributed by atoms with van der Waals surface area (Å²) in [6.07, 6.45) is 4.63. The molecule has 0 aromatic heterocycles. The Morgan fingerprint density at radius 1 is 1.32 bits per heavy atom. The molecule has 1 aromatic carbocycles. The van der Waals surface area contributed by atoms with Crippen molar-refractivity contribution < 1.29 is 13.2 Å². The second-order valence-electron chi connectivity index (χ2n) is 5.87. The van der Waals surface area contributed by atoms with Crippen LogP contribution in [0.2, 0.25) is 5.02 Å². The van der Waals surface area contributed by atoms with Crippen molar-refractivity contribution in [3.63, 3.8) is 0 Å². The molecule has 6 heteroatoms. The van der Waals surface area contributed by atoms with Crippen LogP contribution < -0.4 is 0 Å². The minimum atomic E-state index is -3.65. The van der Waals surface area contributed by atoms with E-state index in [1.807, 2.05) is 6.07 Å². The Kier molecular flexibility index (Phi) is 4.49. The Balaban J connectivity index is 2.38. The van der Waals surface area contributed by atoms with Crippen molar-refractivity contribution >= 4 is 33.4 Å². The first kappa shape index (κ1) is 16.8. The predicted molar refractivity (Wildman–Crippen MR) is 89.2 cm³/mol. The van der Waals surface area contributed by atoms with E-state index in [9.17, 15) is 13.2 Å². The molecule has 1 aliphatic rings. The third kappa shape index (κ3) is 3.10. The van der Waals surface area contributed by atoms with Crippen LogP contribution >= 0.6 is 11.6 Å². The Bertz CT molecular complexity index is 763. The van der Waals surface area contributed by atoms with E-state index in [1.54, 1.807) is 51.2 Å². The van der Waals surface area contributed by atoms with Crippen molar-refractivity contribution in [3.05, 3.63) is 51.9 Å². The Hall–Kier alpha value is -1.59. The van der Waals surface area contributed by atoms with Gasteiger partial charge in [-0.2, -0.15) is 0 Å². The van der Waals surface area contributed by atoms with Gasteiger partial charge in [0, 0.05) is 18.6 Å². The number of hydrogen-bond acceptors (Lipinski definition) is 3. The monoisotopic (exact) mass is 339 g/mol. The first-order valence-electron chi connectivity index (χ1n) is 6.79. The number of halogens is 1. The summed E-state index contributed by atoms with van der Waals surface area (Å²) in [5.74, 6) is -0.477. The van der Waals surface area contributed by atoms with E-state index in [0.29, 0.717) is 5.02 Å². The normalized spacial score (nSPS) is 22.5. The lowest BCUT2D eigenvalue weighted by molar-refractivity contribution is -0.126. The number of carbonyl (C=O) groups excluding carboxylic acids is 1. The van der Waals surface area contributed by atoms with Crippen LogP contribution in [0.4, 0.5) is 0 Å². The number of hydrogen-bond donors (Lipinski definition) is 0. The SMILES string of the molecule is CN1CC(C)(C)S(=O)(=O)/C(=C/C=C/c2cccc(Cl)c2)C1=O. The third-order valence-corrected chi connectivity index (χ3v) is 6.29. The Morgan fingerprint density at radius 3 is 2.64 bits per heavy atom. The van der Waals surface area contributed by atoms with Crippen LogP contribution in [0.3, 0.4) is 0 Å². The van der Waals surface area contributed by atoms with Crippen LogP contribution in [0, 0.1) is 0 Å². The maximum atomic E-state index is 12.5. The zero-order valence-corrected chi connectivity index (χ0v) is 14.3. The highest BCUT2D eigenvalue weighted by molar-refractivity contribution is 7.97. The van der Waals surface area contributed by atoms with Crippen molar-refractivity contribution in [2.75, 3.05) is 13.6 Å². The topological polar surface area (TPSA) is 54.5 Å². The highest BCUT2D eigenvalue weighted by Crippen LogP contribution is 2.31. The second kappa shape index (κ2) is 5.89. The molecule has 1 aliphatic heterocycles. The molecule has 1 aromatic rings. The van der Waals surface area contributed by atoms with E-state index in [1.165, 1.54) is 11.0 Å². The minimum absolute atomic E-state index is 0.176. The summed E-state index contributed by atoms with van der Waals surface area (Å²) >= 11 is 5.89. The summed E-state index contributed by atoms with van der Waals surface area (Å²) in [6, 6.07) is 7.15.